The Labute approximate surface area is 164 Å². The van der Waals surface area contributed by atoms with Crippen LogP contribution in [0.5, 0.6) is 5.75 Å². The molecule has 1 atom stereocenters. The Morgan fingerprint density at radius 2 is 1.68 bits per heavy atom. The lowest BCUT2D eigenvalue weighted by Crippen LogP contribution is -2.54. The van der Waals surface area contributed by atoms with E-state index in [1.54, 1.807) is 24.3 Å². The van der Waals surface area contributed by atoms with Gasteiger partial charge >= 0.3 is 0 Å². The number of hydroxylamine groups is 2. The lowest BCUT2D eigenvalue weighted by Gasteiger charge is -2.41. The van der Waals surface area contributed by atoms with Gasteiger partial charge in [0.1, 0.15) is 11.6 Å². The number of hydrogen-bond donors (Lipinski definition) is 1. The molecule has 28 heavy (non-hydrogen) atoms. The fourth-order valence-corrected chi connectivity index (χ4v) is 4.14. The highest BCUT2D eigenvalue weighted by atomic mass is 19.1. The summed E-state index contributed by atoms with van der Waals surface area (Å²) in [5, 5.41) is 10.9. The predicted molar refractivity (Wildman–Crippen MR) is 103 cm³/mol. The smallest absolute Gasteiger partial charge is 0.263 e. The molecule has 2 heterocycles. The zero-order valence-corrected chi connectivity index (χ0v) is 15.8. The van der Waals surface area contributed by atoms with Crippen LogP contribution in [-0.2, 0) is 16.2 Å². The highest BCUT2D eigenvalue weighted by molar-refractivity contribution is 5.81. The fourth-order valence-electron chi connectivity index (χ4n) is 4.14. The van der Waals surface area contributed by atoms with Crippen LogP contribution in [0.15, 0.2) is 48.5 Å². The van der Waals surface area contributed by atoms with E-state index in [0.717, 1.165) is 31.5 Å². The van der Waals surface area contributed by atoms with E-state index in [0.29, 0.717) is 25.5 Å². The number of aromatic hydroxyl groups is 1. The van der Waals surface area contributed by atoms with Gasteiger partial charge < -0.3 is 5.11 Å². The average molecular weight is 384 g/mol. The first-order valence-electron chi connectivity index (χ1n) is 9.82. The number of halogens is 1. The SMILES string of the molecule is O=C1C(N2CCC(c3ccc(O)cc3)CC2)CCON1Cc1ccc(F)cc1. The van der Waals surface area contributed by atoms with Gasteiger partial charge in [-0.2, -0.15) is 0 Å². The summed E-state index contributed by atoms with van der Waals surface area (Å²) in [7, 11) is 0. The van der Waals surface area contributed by atoms with Gasteiger partial charge in [0, 0.05) is 0 Å². The average Bonchev–Trinajstić information content (AvgIpc) is 2.72. The normalized spacial score (nSPS) is 21.8. The van der Waals surface area contributed by atoms with Crippen LogP contribution >= 0.6 is 0 Å². The minimum atomic E-state index is -0.288. The molecule has 0 aliphatic carbocycles. The summed E-state index contributed by atoms with van der Waals surface area (Å²) in [5.74, 6) is 0.444. The summed E-state index contributed by atoms with van der Waals surface area (Å²) in [4.78, 5) is 20.8. The van der Waals surface area contributed by atoms with Crippen LogP contribution in [0, 0.1) is 5.82 Å². The van der Waals surface area contributed by atoms with Crippen LogP contribution in [0.1, 0.15) is 36.3 Å². The van der Waals surface area contributed by atoms with Crippen molar-refractivity contribution < 1.29 is 19.1 Å². The maximum Gasteiger partial charge on any atom is 0.263 e. The van der Waals surface area contributed by atoms with E-state index < -0.39 is 0 Å². The molecule has 148 valence electrons. The second-order valence-electron chi connectivity index (χ2n) is 7.54. The standard InChI is InChI=1S/C22H25FN2O3/c23-19-5-1-16(2-6-19)15-25-22(27)21(11-14-28-25)24-12-9-18(10-13-24)17-3-7-20(26)8-4-17/h1-8,18,21,26H,9-15H2. The van der Waals surface area contributed by atoms with Crippen LogP contribution in [0.4, 0.5) is 4.39 Å². The van der Waals surface area contributed by atoms with E-state index in [2.05, 4.69) is 4.90 Å². The van der Waals surface area contributed by atoms with Crippen molar-refractivity contribution in [3.8, 4) is 5.75 Å². The van der Waals surface area contributed by atoms with Crippen LogP contribution in [0.2, 0.25) is 0 Å². The molecule has 0 aromatic heterocycles. The van der Waals surface area contributed by atoms with Crippen LogP contribution in [0.25, 0.3) is 0 Å². The monoisotopic (exact) mass is 384 g/mol. The van der Waals surface area contributed by atoms with Gasteiger partial charge in [-0.25, -0.2) is 9.45 Å². The Morgan fingerprint density at radius 3 is 2.36 bits per heavy atom. The Hall–Kier alpha value is -2.44. The molecule has 0 radical (unpaired) electrons. The molecule has 2 fully saturated rings. The van der Waals surface area contributed by atoms with Gasteiger partial charge in [0.05, 0.1) is 19.2 Å². The zero-order chi connectivity index (χ0) is 19.5. The molecule has 4 rings (SSSR count). The third kappa shape index (κ3) is 4.18. The fraction of sp³-hybridized carbons (Fsp3) is 0.409. The number of phenols is 1. The first-order chi connectivity index (χ1) is 13.6. The largest absolute Gasteiger partial charge is 0.508 e. The number of phenolic OH excluding ortho intramolecular Hbond substituents is 1. The Morgan fingerprint density at radius 1 is 1.00 bits per heavy atom. The minimum Gasteiger partial charge on any atom is -0.508 e. The molecule has 2 aromatic carbocycles. The van der Waals surface area contributed by atoms with Crippen molar-refractivity contribution in [1.29, 1.82) is 0 Å². The lowest BCUT2D eigenvalue weighted by atomic mass is 9.88. The topological polar surface area (TPSA) is 53.0 Å². The van der Waals surface area contributed by atoms with Crippen LogP contribution < -0.4 is 0 Å². The summed E-state index contributed by atoms with van der Waals surface area (Å²) < 4.78 is 13.1. The lowest BCUT2D eigenvalue weighted by molar-refractivity contribution is -0.212. The Balaban J connectivity index is 1.36. The summed E-state index contributed by atoms with van der Waals surface area (Å²) in [6.07, 6.45) is 2.68. The number of nitrogens with zero attached hydrogens (tertiary/aromatic N) is 2. The summed E-state index contributed by atoms with van der Waals surface area (Å²) >= 11 is 0. The van der Waals surface area contributed by atoms with Gasteiger partial charge in [0.15, 0.2) is 0 Å². The zero-order valence-electron chi connectivity index (χ0n) is 15.8. The third-order valence-electron chi connectivity index (χ3n) is 5.74. The van der Waals surface area contributed by atoms with Gasteiger partial charge in [0.25, 0.3) is 5.91 Å². The van der Waals surface area contributed by atoms with E-state index in [1.807, 2.05) is 12.1 Å². The molecule has 1 unspecified atom stereocenters. The molecular formula is C22H25FN2O3. The quantitative estimate of drug-likeness (QED) is 0.877. The van der Waals surface area contributed by atoms with Crippen molar-refractivity contribution in [2.45, 2.75) is 37.8 Å². The van der Waals surface area contributed by atoms with E-state index >= 15 is 0 Å². The van der Waals surface area contributed by atoms with E-state index in [9.17, 15) is 14.3 Å². The molecule has 2 saturated heterocycles. The third-order valence-corrected chi connectivity index (χ3v) is 5.74. The van der Waals surface area contributed by atoms with Crippen LogP contribution in [0.3, 0.4) is 0 Å². The molecule has 2 aliphatic heterocycles. The van der Waals surface area contributed by atoms with Crippen LogP contribution in [-0.4, -0.2) is 46.7 Å². The van der Waals surface area contributed by atoms with E-state index in [-0.39, 0.29) is 23.5 Å². The minimum absolute atomic E-state index is 0.0151. The van der Waals surface area contributed by atoms with Crippen molar-refractivity contribution in [3.05, 3.63) is 65.5 Å². The van der Waals surface area contributed by atoms with Gasteiger partial charge in [-0.05, 0) is 73.7 Å². The molecule has 0 spiro atoms. The van der Waals surface area contributed by atoms with Gasteiger partial charge in [-0.3, -0.25) is 14.5 Å². The van der Waals surface area contributed by atoms with Crippen molar-refractivity contribution in [1.82, 2.24) is 9.96 Å². The highest BCUT2D eigenvalue weighted by Gasteiger charge is 2.36. The predicted octanol–water partition coefficient (Wildman–Crippen LogP) is 3.44. The number of likely N-dealkylation sites (tertiary alicyclic amines) is 1. The van der Waals surface area contributed by atoms with Gasteiger partial charge in [-0.1, -0.05) is 24.3 Å². The van der Waals surface area contributed by atoms with Crippen molar-refractivity contribution in [2.24, 2.45) is 0 Å². The molecule has 5 nitrogen and oxygen atoms in total. The Bertz CT molecular complexity index is 802. The highest BCUT2D eigenvalue weighted by Crippen LogP contribution is 2.31. The van der Waals surface area contributed by atoms with Crippen molar-refractivity contribution >= 4 is 5.91 Å². The van der Waals surface area contributed by atoms with Gasteiger partial charge in [-0.15, -0.1) is 0 Å². The second-order valence-corrected chi connectivity index (χ2v) is 7.54. The van der Waals surface area contributed by atoms with Gasteiger partial charge in [0.2, 0.25) is 0 Å². The molecule has 0 saturated carbocycles. The number of benzene rings is 2. The molecule has 1 N–H and O–H groups in total. The molecule has 2 aromatic rings. The van der Waals surface area contributed by atoms with E-state index in [4.69, 9.17) is 4.84 Å². The molecule has 1 amide bonds. The maximum absolute atomic E-state index is 13.1. The number of amides is 1. The maximum atomic E-state index is 13.1. The molecule has 6 heteroatoms. The number of hydrogen-bond acceptors (Lipinski definition) is 4. The first kappa shape index (κ1) is 18.9. The number of carbonyl (C=O) groups is 1. The number of carbonyl (C=O) groups excluding carboxylic acids is 1. The second kappa shape index (κ2) is 8.29. The summed E-state index contributed by atoms with van der Waals surface area (Å²) in [6.45, 7) is 2.58. The summed E-state index contributed by atoms with van der Waals surface area (Å²) in [6, 6.07) is 13.4. The number of rotatable bonds is 4. The van der Waals surface area contributed by atoms with E-state index in [1.165, 1.54) is 22.8 Å². The molecular weight excluding hydrogens is 359 g/mol. The summed E-state index contributed by atoms with van der Waals surface area (Å²) in [5.41, 5.74) is 2.09. The van der Waals surface area contributed by atoms with Crippen molar-refractivity contribution in [2.75, 3.05) is 19.7 Å². The first-order valence-corrected chi connectivity index (χ1v) is 9.82. The van der Waals surface area contributed by atoms with Crippen molar-refractivity contribution in [3.63, 3.8) is 0 Å². The number of piperidine rings is 1. The molecule has 2 aliphatic rings. The molecule has 0 bridgehead atoms. The Kier molecular flexibility index (Phi) is 5.59.